The van der Waals surface area contributed by atoms with E-state index in [-0.39, 0.29) is 0 Å². The van der Waals surface area contributed by atoms with E-state index in [2.05, 4.69) is 90.7 Å². The lowest BCUT2D eigenvalue weighted by Crippen LogP contribution is -2.32. The van der Waals surface area contributed by atoms with Gasteiger partial charge in [-0.05, 0) is 61.9 Å². The number of fused-ring (bicyclic) bond motifs is 1. The highest BCUT2D eigenvalue weighted by molar-refractivity contribution is 6.31. The van der Waals surface area contributed by atoms with Crippen molar-refractivity contribution < 1.29 is 4.57 Å². The van der Waals surface area contributed by atoms with E-state index < -0.39 is 0 Å². The largest absolute Gasteiger partial charge is 0.318 e. The number of nitrogens with zero attached hydrogens (tertiary/aromatic N) is 2. The van der Waals surface area contributed by atoms with Crippen LogP contribution in [0.1, 0.15) is 22.6 Å². The Morgan fingerprint density at radius 2 is 1.67 bits per heavy atom. The highest BCUT2D eigenvalue weighted by atomic mass is 35.5. The quantitative estimate of drug-likeness (QED) is 0.395. The van der Waals surface area contributed by atoms with Gasteiger partial charge in [-0.2, -0.15) is 4.57 Å². The molecule has 0 spiro atoms. The summed E-state index contributed by atoms with van der Waals surface area (Å²) in [6.07, 6.45) is 4.37. The molecule has 0 saturated carbocycles. The van der Waals surface area contributed by atoms with Crippen LogP contribution in [0.4, 0.5) is 0 Å². The molecule has 2 nitrogen and oxygen atoms in total. The summed E-state index contributed by atoms with van der Waals surface area (Å²) in [5, 5.41) is 1.91. The normalized spacial score (nSPS) is 11.6. The predicted octanol–water partition coefficient (Wildman–Crippen LogP) is 5.90. The summed E-state index contributed by atoms with van der Waals surface area (Å²) in [7, 11) is 2.09. The minimum absolute atomic E-state index is 0.763. The van der Waals surface area contributed by atoms with Gasteiger partial charge in [-0.3, -0.25) is 0 Å². The molecule has 0 aliphatic heterocycles. The maximum Gasteiger partial charge on any atom is 0.212 e. The van der Waals surface area contributed by atoms with Gasteiger partial charge in [-0.25, -0.2) is 0 Å². The summed E-state index contributed by atoms with van der Waals surface area (Å²) >= 11 is 6.11. The Kier molecular flexibility index (Phi) is 4.59. The lowest BCUT2D eigenvalue weighted by atomic mass is 10.1. The molecule has 0 N–H and O–H groups in total. The third-order valence-corrected chi connectivity index (χ3v) is 5.33. The topological polar surface area (TPSA) is 8.81 Å². The standard InChI is InChI=1S/C24H22ClN2/c1-17-15-19(18(2)27(17)23-7-5-4-6-8-23)9-12-22-13-10-20-16-21(25)11-14-24(20)26(22)3/h4-16H,1-3H3/q+1. The number of halogens is 1. The van der Waals surface area contributed by atoms with Crippen LogP contribution >= 0.6 is 11.6 Å². The first-order chi connectivity index (χ1) is 13.0. The van der Waals surface area contributed by atoms with Crippen LogP contribution in [-0.2, 0) is 7.05 Å². The second-order valence-corrected chi connectivity index (χ2v) is 7.29. The van der Waals surface area contributed by atoms with E-state index in [0.29, 0.717) is 0 Å². The molecule has 0 unspecified atom stereocenters. The molecule has 4 rings (SSSR count). The van der Waals surface area contributed by atoms with E-state index in [4.69, 9.17) is 11.6 Å². The molecule has 0 fully saturated rings. The second-order valence-electron chi connectivity index (χ2n) is 6.85. The molecule has 27 heavy (non-hydrogen) atoms. The fourth-order valence-electron chi connectivity index (χ4n) is 3.66. The Morgan fingerprint density at radius 3 is 2.44 bits per heavy atom. The minimum Gasteiger partial charge on any atom is -0.318 e. The Morgan fingerprint density at radius 1 is 0.889 bits per heavy atom. The smallest absolute Gasteiger partial charge is 0.212 e. The number of para-hydroxylation sites is 1. The van der Waals surface area contributed by atoms with Gasteiger partial charge in [0.05, 0.1) is 0 Å². The number of benzene rings is 2. The van der Waals surface area contributed by atoms with Gasteiger partial charge in [0.25, 0.3) is 0 Å². The van der Waals surface area contributed by atoms with Crippen molar-refractivity contribution in [2.24, 2.45) is 7.05 Å². The number of pyridine rings is 1. The molecule has 2 heterocycles. The summed E-state index contributed by atoms with van der Waals surface area (Å²) in [6.45, 7) is 4.32. The van der Waals surface area contributed by atoms with Crippen molar-refractivity contribution in [1.29, 1.82) is 0 Å². The fraction of sp³-hybridized carbons (Fsp3) is 0.125. The van der Waals surface area contributed by atoms with Crippen LogP contribution < -0.4 is 4.57 Å². The summed E-state index contributed by atoms with van der Waals surface area (Å²) in [4.78, 5) is 0. The first-order valence-corrected chi connectivity index (χ1v) is 9.43. The van der Waals surface area contributed by atoms with Crippen LogP contribution in [-0.4, -0.2) is 4.57 Å². The maximum absolute atomic E-state index is 6.11. The Bertz CT molecular complexity index is 1150. The monoisotopic (exact) mass is 373 g/mol. The Labute approximate surface area is 165 Å². The number of aromatic nitrogens is 2. The van der Waals surface area contributed by atoms with Gasteiger partial charge < -0.3 is 4.57 Å². The summed E-state index contributed by atoms with van der Waals surface area (Å²) in [5.41, 5.74) is 7.21. The Balaban J connectivity index is 1.73. The molecular formula is C24H22ClN2+. The molecule has 134 valence electrons. The minimum atomic E-state index is 0.763. The SMILES string of the molecule is Cc1cc(/C=C/c2ccc3cc(Cl)ccc3[n+]2C)c(C)n1-c1ccccc1. The van der Waals surface area contributed by atoms with E-state index in [1.165, 1.54) is 22.6 Å². The van der Waals surface area contributed by atoms with E-state index in [0.717, 1.165) is 21.6 Å². The first-order valence-electron chi connectivity index (χ1n) is 9.05. The van der Waals surface area contributed by atoms with Gasteiger partial charge in [0, 0.05) is 45.7 Å². The molecule has 0 amide bonds. The van der Waals surface area contributed by atoms with E-state index in [9.17, 15) is 0 Å². The molecule has 0 bridgehead atoms. The van der Waals surface area contributed by atoms with Gasteiger partial charge in [-0.15, -0.1) is 0 Å². The van der Waals surface area contributed by atoms with E-state index >= 15 is 0 Å². The lowest BCUT2D eigenvalue weighted by molar-refractivity contribution is -0.646. The predicted molar refractivity (Wildman–Crippen MR) is 114 cm³/mol. The molecule has 0 aliphatic rings. The molecule has 0 atom stereocenters. The summed E-state index contributed by atoms with van der Waals surface area (Å²) in [6, 6.07) is 23.0. The molecule has 2 aromatic heterocycles. The summed E-state index contributed by atoms with van der Waals surface area (Å²) < 4.78 is 4.49. The van der Waals surface area contributed by atoms with Gasteiger partial charge >= 0.3 is 0 Å². The van der Waals surface area contributed by atoms with Crippen molar-refractivity contribution >= 4 is 34.7 Å². The molecule has 0 radical (unpaired) electrons. The molecule has 0 aliphatic carbocycles. The zero-order chi connectivity index (χ0) is 19.0. The van der Waals surface area contributed by atoms with Crippen LogP contribution in [0.15, 0.2) is 66.7 Å². The van der Waals surface area contributed by atoms with E-state index in [1.54, 1.807) is 0 Å². The van der Waals surface area contributed by atoms with Gasteiger partial charge in [0.2, 0.25) is 11.2 Å². The average molecular weight is 374 g/mol. The van der Waals surface area contributed by atoms with Crippen molar-refractivity contribution in [1.82, 2.24) is 4.57 Å². The third kappa shape index (κ3) is 3.29. The number of rotatable bonds is 3. The fourth-order valence-corrected chi connectivity index (χ4v) is 3.84. The number of hydrogen-bond donors (Lipinski definition) is 0. The van der Waals surface area contributed by atoms with Crippen LogP contribution in [0.3, 0.4) is 0 Å². The van der Waals surface area contributed by atoms with Crippen LogP contribution in [0.25, 0.3) is 28.7 Å². The van der Waals surface area contributed by atoms with Gasteiger partial charge in [-0.1, -0.05) is 29.8 Å². The van der Waals surface area contributed by atoms with Crippen molar-refractivity contribution in [3.05, 3.63) is 94.4 Å². The molecule has 3 heteroatoms. The molecule has 4 aromatic rings. The van der Waals surface area contributed by atoms with Crippen LogP contribution in [0.5, 0.6) is 0 Å². The summed E-state index contributed by atoms with van der Waals surface area (Å²) in [5.74, 6) is 0. The lowest BCUT2D eigenvalue weighted by Gasteiger charge is -2.09. The van der Waals surface area contributed by atoms with Crippen LogP contribution in [0, 0.1) is 13.8 Å². The highest BCUT2D eigenvalue weighted by Gasteiger charge is 2.11. The number of aryl methyl sites for hydroxylation is 2. The highest BCUT2D eigenvalue weighted by Crippen LogP contribution is 2.23. The third-order valence-electron chi connectivity index (χ3n) is 5.09. The van der Waals surface area contributed by atoms with Gasteiger partial charge in [0.15, 0.2) is 0 Å². The second kappa shape index (κ2) is 7.05. The molecular weight excluding hydrogens is 352 g/mol. The zero-order valence-electron chi connectivity index (χ0n) is 15.8. The molecule has 2 aromatic carbocycles. The maximum atomic E-state index is 6.11. The van der Waals surface area contributed by atoms with Crippen molar-refractivity contribution in [2.45, 2.75) is 13.8 Å². The zero-order valence-corrected chi connectivity index (χ0v) is 16.5. The van der Waals surface area contributed by atoms with Crippen molar-refractivity contribution in [3.63, 3.8) is 0 Å². The van der Waals surface area contributed by atoms with Crippen LogP contribution in [0.2, 0.25) is 5.02 Å². The number of hydrogen-bond acceptors (Lipinski definition) is 0. The van der Waals surface area contributed by atoms with Crippen molar-refractivity contribution in [2.75, 3.05) is 0 Å². The van der Waals surface area contributed by atoms with Crippen molar-refractivity contribution in [3.8, 4) is 5.69 Å². The van der Waals surface area contributed by atoms with Gasteiger partial charge in [0.1, 0.15) is 7.05 Å². The molecule has 0 saturated heterocycles. The Hall–Kier alpha value is -2.84. The first kappa shape index (κ1) is 17.6. The average Bonchev–Trinajstić information content (AvgIpc) is 2.95. The van der Waals surface area contributed by atoms with E-state index in [1.807, 2.05) is 18.2 Å².